The third kappa shape index (κ3) is 72.0. The van der Waals surface area contributed by atoms with Gasteiger partial charge in [-0.2, -0.15) is 0 Å². The molecule has 9 nitrogen and oxygen atoms in total. The van der Waals surface area contributed by atoms with Crippen molar-refractivity contribution in [2.45, 2.75) is 304 Å². The number of rotatable bonds is 51. The van der Waals surface area contributed by atoms with Crippen molar-refractivity contribution in [2.75, 3.05) is 59.3 Å². The molecule has 0 heterocycles. The monoisotopic (exact) mass is 958 g/mol. The second kappa shape index (κ2) is 61.5. The Balaban J connectivity index is -0.000000936. The summed E-state index contributed by atoms with van der Waals surface area (Å²) in [6, 6.07) is 1.25. The van der Waals surface area contributed by atoms with Gasteiger partial charge >= 0.3 is 0 Å². The second-order valence-corrected chi connectivity index (χ2v) is 20.5. The van der Waals surface area contributed by atoms with Crippen LogP contribution in [0.25, 0.3) is 0 Å². The van der Waals surface area contributed by atoms with E-state index in [1.54, 1.807) is 0 Å². The van der Waals surface area contributed by atoms with E-state index in [-0.39, 0.29) is 18.3 Å². The topological polar surface area (TPSA) is 124 Å². The van der Waals surface area contributed by atoms with E-state index in [0.29, 0.717) is 57.6 Å². The van der Waals surface area contributed by atoms with Crippen molar-refractivity contribution in [3.8, 4) is 0 Å². The van der Waals surface area contributed by atoms with E-state index in [9.17, 15) is 15.3 Å². The highest BCUT2D eigenvalue weighted by atomic mass is 16.5. The van der Waals surface area contributed by atoms with Crippen LogP contribution >= 0.6 is 0 Å². The molecule has 0 bridgehead atoms. The summed E-state index contributed by atoms with van der Waals surface area (Å²) >= 11 is 0. The SMILES string of the molecule is CCCCCCCC/C=C/CCCCCCOCC(O)CNC(C)C.CCCCCCCCCCCCCCCCOCC(O)CNC(C)C.CCCCCCCCOCC(O)CNC(C)C. The van der Waals surface area contributed by atoms with E-state index >= 15 is 0 Å². The fourth-order valence-corrected chi connectivity index (χ4v) is 7.43. The molecule has 9 heteroatoms. The van der Waals surface area contributed by atoms with E-state index in [0.717, 1.165) is 39.1 Å². The zero-order chi connectivity index (χ0) is 50.1. The number of aliphatic hydroxyl groups excluding tert-OH is 3. The quantitative estimate of drug-likeness (QED) is 0.0261. The van der Waals surface area contributed by atoms with E-state index in [2.05, 4.69) is 90.4 Å². The largest absolute Gasteiger partial charge is 0.389 e. The van der Waals surface area contributed by atoms with Crippen molar-refractivity contribution in [3.05, 3.63) is 12.2 Å². The standard InChI is InChI=1S/C22H47NO2.C22H45NO2.C14H31NO2/c2*1-4-5-6-7-8-9-10-11-12-13-14-15-16-17-18-25-20-22(24)19-23-21(2)3;1-4-5-6-7-8-9-10-17-12-14(16)11-15-13(2)3/h21-24H,4-20H2,1-3H3;11-12,21-24H,4-10,13-20H2,1-3H3;13-16H,4-12H2,1-3H3/b;12-11+;. The minimum atomic E-state index is -0.390. The van der Waals surface area contributed by atoms with Gasteiger partial charge < -0.3 is 45.5 Å². The van der Waals surface area contributed by atoms with Crippen LogP contribution in [0.2, 0.25) is 0 Å². The van der Waals surface area contributed by atoms with Crippen LogP contribution in [0.3, 0.4) is 0 Å². The smallest absolute Gasteiger partial charge is 0.0897 e. The van der Waals surface area contributed by atoms with Crippen LogP contribution in [0.15, 0.2) is 12.2 Å². The number of ether oxygens (including phenoxy) is 3. The van der Waals surface area contributed by atoms with Gasteiger partial charge in [-0.3, -0.25) is 0 Å². The number of unbranched alkanes of at least 4 members (excludes halogenated alkanes) is 28. The predicted octanol–water partition coefficient (Wildman–Crippen LogP) is 14.2. The molecule has 0 aliphatic carbocycles. The molecule has 3 atom stereocenters. The molecule has 67 heavy (non-hydrogen) atoms. The lowest BCUT2D eigenvalue weighted by Gasteiger charge is -2.14. The van der Waals surface area contributed by atoms with Gasteiger partial charge in [0, 0.05) is 57.6 Å². The first kappa shape index (κ1) is 70.6. The van der Waals surface area contributed by atoms with E-state index in [4.69, 9.17) is 14.2 Å². The highest BCUT2D eigenvalue weighted by molar-refractivity contribution is 4.81. The van der Waals surface area contributed by atoms with E-state index < -0.39 is 0 Å². The molecule has 0 amide bonds. The summed E-state index contributed by atoms with van der Waals surface area (Å²) in [6.07, 6.45) is 46.3. The van der Waals surface area contributed by atoms with Gasteiger partial charge in [0.05, 0.1) is 38.1 Å². The molecule has 0 aliphatic rings. The molecule has 0 aliphatic heterocycles. The second-order valence-electron chi connectivity index (χ2n) is 20.5. The van der Waals surface area contributed by atoms with Crippen LogP contribution in [0, 0.1) is 0 Å². The Morgan fingerprint density at radius 1 is 0.313 bits per heavy atom. The molecular weight excluding hydrogens is 835 g/mol. The van der Waals surface area contributed by atoms with Gasteiger partial charge in [-0.05, 0) is 44.9 Å². The molecule has 0 saturated carbocycles. The van der Waals surface area contributed by atoms with Crippen molar-refractivity contribution in [1.82, 2.24) is 16.0 Å². The third-order valence-electron chi connectivity index (χ3n) is 11.8. The number of nitrogens with one attached hydrogen (secondary N) is 3. The maximum Gasteiger partial charge on any atom is 0.0897 e. The molecule has 6 N–H and O–H groups in total. The summed E-state index contributed by atoms with van der Waals surface area (Å²) in [4.78, 5) is 0. The summed E-state index contributed by atoms with van der Waals surface area (Å²) in [5.74, 6) is 0. The van der Waals surface area contributed by atoms with Crippen LogP contribution in [-0.2, 0) is 14.2 Å². The van der Waals surface area contributed by atoms with Gasteiger partial charge in [0.15, 0.2) is 0 Å². The van der Waals surface area contributed by atoms with Gasteiger partial charge in [-0.15, -0.1) is 0 Å². The summed E-state index contributed by atoms with van der Waals surface area (Å²) < 4.78 is 16.5. The first-order valence-electron chi connectivity index (χ1n) is 29.1. The normalized spacial score (nSPS) is 13.1. The van der Waals surface area contributed by atoms with Crippen LogP contribution in [-0.4, -0.2) is 111 Å². The molecule has 0 saturated heterocycles. The van der Waals surface area contributed by atoms with Crippen LogP contribution < -0.4 is 16.0 Å². The van der Waals surface area contributed by atoms with Crippen LogP contribution in [0.5, 0.6) is 0 Å². The zero-order valence-electron chi connectivity index (χ0n) is 46.7. The van der Waals surface area contributed by atoms with Crippen molar-refractivity contribution in [2.24, 2.45) is 0 Å². The fraction of sp³-hybridized carbons (Fsp3) is 0.966. The molecule has 0 aromatic rings. The molecule has 0 aromatic carbocycles. The van der Waals surface area contributed by atoms with E-state index in [1.807, 2.05) is 0 Å². The van der Waals surface area contributed by atoms with Crippen molar-refractivity contribution < 1.29 is 29.5 Å². The average molecular weight is 959 g/mol. The lowest BCUT2D eigenvalue weighted by molar-refractivity contribution is 0.0346. The average Bonchev–Trinajstić information content (AvgIpc) is 3.30. The number of hydrogen-bond donors (Lipinski definition) is 6. The van der Waals surface area contributed by atoms with Crippen molar-refractivity contribution in [1.29, 1.82) is 0 Å². The van der Waals surface area contributed by atoms with Gasteiger partial charge in [0.25, 0.3) is 0 Å². The Morgan fingerprint density at radius 3 is 0.746 bits per heavy atom. The molecule has 406 valence electrons. The summed E-state index contributed by atoms with van der Waals surface area (Å²) in [6.45, 7) is 24.8. The molecule has 3 unspecified atom stereocenters. The van der Waals surface area contributed by atoms with Gasteiger partial charge in [-0.1, -0.05) is 235 Å². The molecular formula is C58H123N3O6. The Morgan fingerprint density at radius 2 is 0.522 bits per heavy atom. The number of hydrogen-bond acceptors (Lipinski definition) is 9. The summed E-state index contributed by atoms with van der Waals surface area (Å²) in [5, 5.41) is 38.7. The minimum absolute atomic E-state index is 0.377. The van der Waals surface area contributed by atoms with Gasteiger partial charge in [0.1, 0.15) is 0 Å². The Kier molecular flexibility index (Phi) is 64.8. The first-order valence-corrected chi connectivity index (χ1v) is 29.1. The zero-order valence-corrected chi connectivity index (χ0v) is 46.7. The predicted molar refractivity (Wildman–Crippen MR) is 294 cm³/mol. The fourth-order valence-electron chi connectivity index (χ4n) is 7.43. The summed E-state index contributed by atoms with van der Waals surface area (Å²) in [5.41, 5.74) is 0. The maximum atomic E-state index is 9.73. The molecule has 0 spiro atoms. The highest BCUT2D eigenvalue weighted by Gasteiger charge is 2.07. The van der Waals surface area contributed by atoms with Crippen molar-refractivity contribution in [3.63, 3.8) is 0 Å². The Labute approximate surface area is 419 Å². The molecule has 0 aromatic heterocycles. The lowest BCUT2D eigenvalue weighted by atomic mass is 10.0. The number of allylic oxidation sites excluding steroid dienone is 2. The minimum Gasteiger partial charge on any atom is -0.389 e. The van der Waals surface area contributed by atoms with Crippen LogP contribution in [0.1, 0.15) is 268 Å². The van der Waals surface area contributed by atoms with Gasteiger partial charge in [0.2, 0.25) is 0 Å². The Bertz CT molecular complexity index is 895. The van der Waals surface area contributed by atoms with Crippen LogP contribution in [0.4, 0.5) is 0 Å². The van der Waals surface area contributed by atoms with E-state index in [1.165, 1.54) is 186 Å². The molecule has 0 radical (unpaired) electrons. The molecule has 0 fully saturated rings. The molecule has 0 rings (SSSR count). The lowest BCUT2D eigenvalue weighted by Crippen LogP contribution is -2.34. The summed E-state index contributed by atoms with van der Waals surface area (Å²) in [7, 11) is 0. The number of aliphatic hydroxyl groups is 3. The van der Waals surface area contributed by atoms with Gasteiger partial charge in [-0.25, -0.2) is 0 Å². The van der Waals surface area contributed by atoms with Crippen molar-refractivity contribution >= 4 is 0 Å². The third-order valence-corrected chi connectivity index (χ3v) is 11.8. The maximum absolute atomic E-state index is 9.73. The highest BCUT2D eigenvalue weighted by Crippen LogP contribution is 2.13. The first-order chi connectivity index (χ1) is 32.5. The Hall–Kier alpha value is -0.620.